The van der Waals surface area contributed by atoms with E-state index in [-0.39, 0.29) is 22.9 Å². The fourth-order valence-corrected chi connectivity index (χ4v) is 1.54. The summed E-state index contributed by atoms with van der Waals surface area (Å²) in [6.45, 7) is 1.61. The number of amides is 1. The number of carbonyl (C=O) groups excluding carboxylic acids is 1. The number of benzene rings is 1. The van der Waals surface area contributed by atoms with Crippen molar-refractivity contribution in [3.63, 3.8) is 0 Å². The first-order valence-corrected chi connectivity index (χ1v) is 5.46. The zero-order valence-electron chi connectivity index (χ0n) is 10.2. The molecule has 6 heteroatoms. The van der Waals surface area contributed by atoms with E-state index in [2.05, 4.69) is 4.98 Å². The molecule has 5 nitrogen and oxygen atoms in total. The summed E-state index contributed by atoms with van der Waals surface area (Å²) < 4.78 is 18.6. The second-order valence-electron chi connectivity index (χ2n) is 3.98. The Morgan fingerprint density at radius 3 is 2.74 bits per heavy atom. The van der Waals surface area contributed by atoms with E-state index >= 15 is 0 Å². The van der Waals surface area contributed by atoms with Gasteiger partial charge >= 0.3 is 0 Å². The average molecular weight is 261 g/mol. The quantitative estimate of drug-likeness (QED) is 0.884. The van der Waals surface area contributed by atoms with Crippen LogP contribution >= 0.6 is 0 Å². The van der Waals surface area contributed by atoms with Crippen molar-refractivity contribution in [2.24, 2.45) is 5.73 Å². The van der Waals surface area contributed by atoms with Gasteiger partial charge in [0.1, 0.15) is 17.4 Å². The molecule has 1 heterocycles. The van der Waals surface area contributed by atoms with E-state index in [9.17, 15) is 9.18 Å². The van der Waals surface area contributed by atoms with Crippen LogP contribution in [0.25, 0.3) is 0 Å². The lowest BCUT2D eigenvalue weighted by molar-refractivity contribution is 0.0998. The van der Waals surface area contributed by atoms with E-state index in [1.807, 2.05) is 0 Å². The van der Waals surface area contributed by atoms with Gasteiger partial charge < -0.3 is 16.2 Å². The van der Waals surface area contributed by atoms with Gasteiger partial charge in [-0.3, -0.25) is 4.79 Å². The van der Waals surface area contributed by atoms with E-state index < -0.39 is 5.91 Å². The molecule has 0 aliphatic rings. The van der Waals surface area contributed by atoms with Crippen LogP contribution in [-0.4, -0.2) is 10.9 Å². The first-order valence-electron chi connectivity index (χ1n) is 5.46. The van der Waals surface area contributed by atoms with Crippen molar-refractivity contribution in [2.75, 3.05) is 5.73 Å². The van der Waals surface area contributed by atoms with Crippen LogP contribution in [0.3, 0.4) is 0 Å². The molecular formula is C13H12FN3O2. The largest absolute Gasteiger partial charge is 0.455 e. The maximum atomic E-state index is 13.1. The number of halogens is 1. The van der Waals surface area contributed by atoms with Gasteiger partial charge in [-0.2, -0.15) is 0 Å². The average Bonchev–Trinajstić information content (AvgIpc) is 2.36. The number of ether oxygens (including phenoxy) is 1. The summed E-state index contributed by atoms with van der Waals surface area (Å²) in [6, 6.07) is 5.56. The van der Waals surface area contributed by atoms with Crippen molar-refractivity contribution in [1.29, 1.82) is 0 Å². The van der Waals surface area contributed by atoms with Gasteiger partial charge in [0.25, 0.3) is 5.91 Å². The summed E-state index contributed by atoms with van der Waals surface area (Å²) in [5, 5.41) is 0. The SMILES string of the molecule is Cc1cc(Oc2cnc(N)cc2C(N)=O)ccc1F. The summed E-state index contributed by atoms with van der Waals surface area (Å²) in [7, 11) is 0. The molecule has 0 saturated carbocycles. The number of aromatic nitrogens is 1. The summed E-state index contributed by atoms with van der Waals surface area (Å²) >= 11 is 0. The standard InChI is InChI=1S/C13H12FN3O2/c1-7-4-8(2-3-10(7)14)19-11-6-17-12(15)5-9(11)13(16)18/h2-6H,1H3,(H2,15,17)(H2,16,18). The number of hydrogen-bond acceptors (Lipinski definition) is 4. The second kappa shape index (κ2) is 4.93. The number of primary amides is 1. The Kier molecular flexibility index (Phi) is 3.33. The van der Waals surface area contributed by atoms with Crippen molar-refractivity contribution in [3.05, 3.63) is 47.4 Å². The molecular weight excluding hydrogens is 249 g/mol. The van der Waals surface area contributed by atoms with Crippen LogP contribution in [0.2, 0.25) is 0 Å². The fourth-order valence-electron chi connectivity index (χ4n) is 1.54. The second-order valence-corrected chi connectivity index (χ2v) is 3.98. The highest BCUT2D eigenvalue weighted by Crippen LogP contribution is 2.26. The lowest BCUT2D eigenvalue weighted by atomic mass is 10.2. The molecule has 1 aromatic heterocycles. The molecule has 2 rings (SSSR count). The lowest BCUT2D eigenvalue weighted by Crippen LogP contribution is -2.13. The van der Waals surface area contributed by atoms with Gasteiger partial charge in [-0.1, -0.05) is 0 Å². The van der Waals surface area contributed by atoms with Crippen molar-refractivity contribution >= 4 is 11.7 Å². The molecule has 0 fully saturated rings. The molecule has 1 aromatic carbocycles. The molecule has 19 heavy (non-hydrogen) atoms. The molecule has 0 aliphatic heterocycles. The number of anilines is 1. The van der Waals surface area contributed by atoms with Crippen LogP contribution < -0.4 is 16.2 Å². The van der Waals surface area contributed by atoms with Crippen LogP contribution in [0.15, 0.2) is 30.5 Å². The Hall–Kier alpha value is -2.63. The molecule has 0 saturated heterocycles. The number of nitrogens with two attached hydrogens (primary N) is 2. The Morgan fingerprint density at radius 2 is 2.11 bits per heavy atom. The van der Waals surface area contributed by atoms with Crippen LogP contribution in [0, 0.1) is 12.7 Å². The monoisotopic (exact) mass is 261 g/mol. The van der Waals surface area contributed by atoms with E-state index in [0.29, 0.717) is 11.3 Å². The number of rotatable bonds is 3. The fraction of sp³-hybridized carbons (Fsp3) is 0.0769. The summed E-state index contributed by atoms with van der Waals surface area (Å²) in [5.74, 6) is -0.294. The smallest absolute Gasteiger partial charge is 0.252 e. The number of pyridine rings is 1. The van der Waals surface area contributed by atoms with Crippen LogP contribution in [0.1, 0.15) is 15.9 Å². The van der Waals surface area contributed by atoms with Gasteiger partial charge in [0, 0.05) is 0 Å². The first-order chi connectivity index (χ1) is 8.97. The van der Waals surface area contributed by atoms with Crippen molar-refractivity contribution in [3.8, 4) is 11.5 Å². The Labute approximate surface area is 109 Å². The minimum absolute atomic E-state index is 0.120. The third-order valence-corrected chi connectivity index (χ3v) is 2.51. The highest BCUT2D eigenvalue weighted by Gasteiger charge is 2.12. The zero-order chi connectivity index (χ0) is 14.0. The topological polar surface area (TPSA) is 91.2 Å². The molecule has 98 valence electrons. The molecule has 0 spiro atoms. The van der Waals surface area contributed by atoms with Gasteiger partial charge in [-0.25, -0.2) is 9.37 Å². The third-order valence-electron chi connectivity index (χ3n) is 2.51. The molecule has 0 bridgehead atoms. The predicted octanol–water partition coefficient (Wildman–Crippen LogP) is 2.00. The predicted molar refractivity (Wildman–Crippen MR) is 68.4 cm³/mol. The minimum Gasteiger partial charge on any atom is -0.455 e. The van der Waals surface area contributed by atoms with Gasteiger partial charge in [0.15, 0.2) is 5.75 Å². The van der Waals surface area contributed by atoms with Crippen molar-refractivity contribution < 1.29 is 13.9 Å². The number of carbonyl (C=O) groups is 1. The molecule has 2 aromatic rings. The Balaban J connectivity index is 2.37. The Bertz CT molecular complexity index is 644. The number of nitrogens with zero attached hydrogens (tertiary/aromatic N) is 1. The first kappa shape index (κ1) is 12.8. The van der Waals surface area contributed by atoms with Gasteiger partial charge in [-0.15, -0.1) is 0 Å². The molecule has 0 radical (unpaired) electrons. The molecule has 1 amide bonds. The van der Waals surface area contributed by atoms with Gasteiger partial charge in [0.2, 0.25) is 0 Å². The van der Waals surface area contributed by atoms with E-state index in [0.717, 1.165) is 0 Å². The van der Waals surface area contributed by atoms with Crippen LogP contribution in [-0.2, 0) is 0 Å². The third kappa shape index (κ3) is 2.79. The number of nitrogen functional groups attached to an aromatic ring is 1. The molecule has 0 aliphatic carbocycles. The van der Waals surface area contributed by atoms with E-state index in [1.165, 1.54) is 30.5 Å². The maximum Gasteiger partial charge on any atom is 0.252 e. The molecule has 0 atom stereocenters. The minimum atomic E-state index is -0.678. The normalized spacial score (nSPS) is 10.2. The molecule has 0 unspecified atom stereocenters. The van der Waals surface area contributed by atoms with Gasteiger partial charge in [0.05, 0.1) is 11.8 Å². The van der Waals surface area contributed by atoms with Crippen molar-refractivity contribution in [1.82, 2.24) is 4.98 Å². The zero-order valence-corrected chi connectivity index (χ0v) is 10.2. The van der Waals surface area contributed by atoms with Crippen molar-refractivity contribution in [2.45, 2.75) is 6.92 Å². The summed E-state index contributed by atoms with van der Waals surface area (Å²) in [5.41, 5.74) is 11.3. The van der Waals surface area contributed by atoms with Crippen LogP contribution in [0.4, 0.5) is 10.2 Å². The maximum absolute atomic E-state index is 13.1. The van der Waals surface area contributed by atoms with E-state index in [4.69, 9.17) is 16.2 Å². The van der Waals surface area contributed by atoms with Gasteiger partial charge in [-0.05, 0) is 36.8 Å². The lowest BCUT2D eigenvalue weighted by Gasteiger charge is -2.10. The number of aryl methyl sites for hydroxylation is 1. The molecule has 4 N–H and O–H groups in total. The Morgan fingerprint density at radius 1 is 1.37 bits per heavy atom. The highest BCUT2D eigenvalue weighted by molar-refractivity contribution is 5.96. The highest BCUT2D eigenvalue weighted by atomic mass is 19.1. The summed E-state index contributed by atoms with van der Waals surface area (Å²) in [4.78, 5) is 15.1. The summed E-state index contributed by atoms with van der Waals surface area (Å²) in [6.07, 6.45) is 1.30. The van der Waals surface area contributed by atoms with Crippen LogP contribution in [0.5, 0.6) is 11.5 Å². The van der Waals surface area contributed by atoms with E-state index in [1.54, 1.807) is 6.92 Å². The number of hydrogen-bond donors (Lipinski definition) is 2.